The Labute approximate surface area is 152 Å². The van der Waals surface area contributed by atoms with Gasteiger partial charge in [-0.3, -0.25) is 4.99 Å². The molecule has 1 unspecified atom stereocenters. The van der Waals surface area contributed by atoms with Crippen molar-refractivity contribution in [3.63, 3.8) is 0 Å². The van der Waals surface area contributed by atoms with Gasteiger partial charge in [-0.2, -0.15) is 0 Å². The molecule has 1 aromatic rings. The predicted octanol–water partition coefficient (Wildman–Crippen LogP) is 3.63. The van der Waals surface area contributed by atoms with Crippen LogP contribution in [-0.2, 0) is 0 Å². The third kappa shape index (κ3) is 7.87. The average molecular weight is 419 g/mol. The van der Waals surface area contributed by atoms with Crippen molar-refractivity contribution in [1.29, 1.82) is 0 Å². The smallest absolute Gasteiger partial charge is 0.190 e. The van der Waals surface area contributed by atoms with Crippen LogP contribution in [0.4, 0.5) is 0 Å². The number of rotatable bonds is 7. The first-order valence-corrected chi connectivity index (χ1v) is 7.65. The Morgan fingerprint density at radius 3 is 2.27 bits per heavy atom. The molecular weight excluding hydrogens is 389 g/mol. The summed E-state index contributed by atoms with van der Waals surface area (Å²) in [5, 5.41) is 6.68. The van der Waals surface area contributed by atoms with Crippen LogP contribution in [0.3, 0.4) is 0 Å². The Bertz CT molecular complexity index is 432. The normalized spacial score (nSPS) is 12.5. The number of ether oxygens (including phenoxy) is 1. The van der Waals surface area contributed by atoms with Crippen LogP contribution >= 0.6 is 24.0 Å². The van der Waals surface area contributed by atoms with Gasteiger partial charge in [-0.05, 0) is 36.0 Å². The van der Waals surface area contributed by atoms with Gasteiger partial charge in [-0.15, -0.1) is 24.0 Å². The standard InChI is InChI=1S/C17H29N3O.HI/c1-13(2)12-20-17(18-4)19-11-10-14(3)15-6-8-16(21-5)9-7-15;/h6-9,13-14H,10-12H2,1-5H3,(H2,18,19,20);1H. The van der Waals surface area contributed by atoms with Gasteiger partial charge in [0.1, 0.15) is 5.75 Å². The summed E-state index contributed by atoms with van der Waals surface area (Å²) in [5.74, 6) is 2.90. The highest BCUT2D eigenvalue weighted by atomic mass is 127. The molecule has 0 saturated carbocycles. The molecule has 0 amide bonds. The molecule has 22 heavy (non-hydrogen) atoms. The van der Waals surface area contributed by atoms with E-state index >= 15 is 0 Å². The van der Waals surface area contributed by atoms with E-state index < -0.39 is 0 Å². The van der Waals surface area contributed by atoms with Crippen molar-refractivity contribution in [3.05, 3.63) is 29.8 Å². The molecule has 0 spiro atoms. The zero-order chi connectivity index (χ0) is 15.7. The molecule has 0 aliphatic heterocycles. The fourth-order valence-corrected chi connectivity index (χ4v) is 2.03. The second kappa shape index (κ2) is 11.6. The van der Waals surface area contributed by atoms with Crippen molar-refractivity contribution in [2.75, 3.05) is 27.2 Å². The Morgan fingerprint density at radius 1 is 1.14 bits per heavy atom. The third-order valence-corrected chi connectivity index (χ3v) is 3.46. The number of hydrogen-bond donors (Lipinski definition) is 2. The summed E-state index contributed by atoms with van der Waals surface area (Å²) in [6.07, 6.45) is 1.06. The van der Waals surface area contributed by atoms with Gasteiger partial charge in [0, 0.05) is 20.1 Å². The number of nitrogens with one attached hydrogen (secondary N) is 2. The quantitative estimate of drug-likeness (QED) is 0.403. The molecule has 0 fully saturated rings. The minimum Gasteiger partial charge on any atom is -0.497 e. The van der Waals surface area contributed by atoms with Crippen LogP contribution < -0.4 is 15.4 Å². The van der Waals surface area contributed by atoms with Crippen molar-refractivity contribution < 1.29 is 4.74 Å². The molecule has 0 heterocycles. The third-order valence-electron chi connectivity index (χ3n) is 3.46. The van der Waals surface area contributed by atoms with Gasteiger partial charge >= 0.3 is 0 Å². The van der Waals surface area contributed by atoms with E-state index in [0.717, 1.165) is 31.2 Å². The maximum atomic E-state index is 5.19. The van der Waals surface area contributed by atoms with Gasteiger partial charge in [0.15, 0.2) is 5.96 Å². The first-order chi connectivity index (χ1) is 10.1. The second-order valence-corrected chi connectivity index (χ2v) is 5.74. The Morgan fingerprint density at radius 2 is 1.77 bits per heavy atom. The van der Waals surface area contributed by atoms with Crippen LogP contribution in [0.1, 0.15) is 38.7 Å². The highest BCUT2D eigenvalue weighted by Gasteiger charge is 2.06. The Hall–Kier alpha value is -0.980. The molecule has 0 bridgehead atoms. The van der Waals surface area contributed by atoms with E-state index in [2.05, 4.69) is 48.5 Å². The number of nitrogens with zero attached hydrogens (tertiary/aromatic N) is 1. The monoisotopic (exact) mass is 419 g/mol. The molecule has 0 aliphatic rings. The van der Waals surface area contributed by atoms with Crippen LogP contribution in [0, 0.1) is 5.92 Å². The SMILES string of the molecule is CN=C(NCCC(C)c1ccc(OC)cc1)NCC(C)C.I. The van der Waals surface area contributed by atoms with Crippen molar-refractivity contribution >= 4 is 29.9 Å². The van der Waals surface area contributed by atoms with E-state index in [1.54, 1.807) is 7.11 Å². The predicted molar refractivity (Wildman–Crippen MR) is 106 cm³/mol. The topological polar surface area (TPSA) is 45.7 Å². The van der Waals surface area contributed by atoms with Crippen molar-refractivity contribution in [1.82, 2.24) is 10.6 Å². The second-order valence-electron chi connectivity index (χ2n) is 5.74. The molecule has 4 nitrogen and oxygen atoms in total. The lowest BCUT2D eigenvalue weighted by molar-refractivity contribution is 0.414. The average Bonchev–Trinajstić information content (AvgIpc) is 2.50. The fraction of sp³-hybridized carbons (Fsp3) is 0.588. The lowest BCUT2D eigenvalue weighted by atomic mass is 9.98. The summed E-state index contributed by atoms with van der Waals surface area (Å²) in [4.78, 5) is 4.23. The van der Waals surface area contributed by atoms with Gasteiger partial charge < -0.3 is 15.4 Å². The van der Waals surface area contributed by atoms with Crippen LogP contribution in [0.5, 0.6) is 5.75 Å². The lowest BCUT2D eigenvalue weighted by Gasteiger charge is -2.16. The maximum Gasteiger partial charge on any atom is 0.190 e. The molecule has 126 valence electrons. The van der Waals surface area contributed by atoms with Gasteiger partial charge in [0.05, 0.1) is 7.11 Å². The van der Waals surface area contributed by atoms with Crippen molar-refractivity contribution in [2.24, 2.45) is 10.9 Å². The number of guanidine groups is 1. The molecule has 0 aliphatic carbocycles. The van der Waals surface area contributed by atoms with Crippen molar-refractivity contribution in [3.8, 4) is 5.75 Å². The summed E-state index contributed by atoms with van der Waals surface area (Å²) in [5.41, 5.74) is 1.34. The van der Waals surface area contributed by atoms with E-state index in [0.29, 0.717) is 11.8 Å². The number of methoxy groups -OCH3 is 1. The zero-order valence-corrected chi connectivity index (χ0v) is 16.7. The number of hydrogen-bond acceptors (Lipinski definition) is 2. The zero-order valence-electron chi connectivity index (χ0n) is 14.3. The Balaban J connectivity index is 0.00000441. The largest absolute Gasteiger partial charge is 0.497 e. The maximum absolute atomic E-state index is 5.19. The molecule has 1 aromatic carbocycles. The minimum absolute atomic E-state index is 0. The first-order valence-electron chi connectivity index (χ1n) is 7.65. The Kier molecular flexibility index (Phi) is 11.1. The molecule has 0 aromatic heterocycles. The molecule has 0 saturated heterocycles. The van der Waals surface area contributed by atoms with E-state index in [4.69, 9.17) is 4.74 Å². The van der Waals surface area contributed by atoms with Gasteiger partial charge in [0.25, 0.3) is 0 Å². The number of benzene rings is 1. The van der Waals surface area contributed by atoms with E-state index in [9.17, 15) is 0 Å². The van der Waals surface area contributed by atoms with E-state index in [1.165, 1.54) is 5.56 Å². The highest BCUT2D eigenvalue weighted by Crippen LogP contribution is 2.21. The molecule has 1 rings (SSSR count). The van der Waals surface area contributed by atoms with Gasteiger partial charge in [-0.25, -0.2) is 0 Å². The number of aliphatic imine (C=N–C) groups is 1. The van der Waals surface area contributed by atoms with Crippen LogP contribution in [0.2, 0.25) is 0 Å². The summed E-state index contributed by atoms with van der Waals surface area (Å²) >= 11 is 0. The molecule has 5 heteroatoms. The van der Waals surface area contributed by atoms with Crippen LogP contribution in [0.15, 0.2) is 29.3 Å². The molecular formula is C17H30IN3O. The fourth-order valence-electron chi connectivity index (χ4n) is 2.03. The highest BCUT2D eigenvalue weighted by molar-refractivity contribution is 14.0. The van der Waals surface area contributed by atoms with Crippen LogP contribution in [0.25, 0.3) is 0 Å². The van der Waals surface area contributed by atoms with Gasteiger partial charge in [-0.1, -0.05) is 32.9 Å². The minimum atomic E-state index is 0. The molecule has 0 radical (unpaired) electrons. The summed E-state index contributed by atoms with van der Waals surface area (Å²) in [6.45, 7) is 8.46. The molecule has 2 N–H and O–H groups in total. The number of halogens is 1. The van der Waals surface area contributed by atoms with Gasteiger partial charge in [0.2, 0.25) is 0 Å². The lowest BCUT2D eigenvalue weighted by Crippen LogP contribution is -2.39. The first kappa shape index (κ1) is 21.0. The van der Waals surface area contributed by atoms with Crippen LogP contribution in [-0.4, -0.2) is 33.2 Å². The van der Waals surface area contributed by atoms with Crippen molar-refractivity contribution in [2.45, 2.75) is 33.1 Å². The summed E-state index contributed by atoms with van der Waals surface area (Å²) in [6, 6.07) is 8.30. The summed E-state index contributed by atoms with van der Waals surface area (Å²) < 4.78 is 5.19. The van der Waals surface area contributed by atoms with E-state index in [-0.39, 0.29) is 24.0 Å². The summed E-state index contributed by atoms with van der Waals surface area (Å²) in [7, 11) is 3.50. The van der Waals surface area contributed by atoms with E-state index in [1.807, 2.05) is 19.2 Å². The molecule has 1 atom stereocenters.